The van der Waals surface area contributed by atoms with E-state index in [1.807, 2.05) is 24.3 Å². The minimum Gasteiger partial charge on any atom is -0.357 e. The summed E-state index contributed by atoms with van der Waals surface area (Å²) in [5, 5.41) is 10.5. The Hall–Kier alpha value is -2.60. The van der Waals surface area contributed by atoms with E-state index < -0.39 is 0 Å². The molecule has 1 amide bonds. The number of nitriles is 1. The number of anilines is 1. The van der Waals surface area contributed by atoms with Crippen LogP contribution in [0.3, 0.4) is 0 Å². The number of halogens is 1. The molecule has 2 aliphatic rings. The van der Waals surface area contributed by atoms with Crippen molar-refractivity contribution in [3.8, 4) is 6.07 Å². The number of pyridine rings is 1. The number of thioether (sulfide) groups is 1. The van der Waals surface area contributed by atoms with Crippen LogP contribution < -0.4 is 10.5 Å². The Bertz CT molecular complexity index is 1360. The smallest absolute Gasteiger partial charge is 0.270 e. The molecule has 2 fully saturated rings. The van der Waals surface area contributed by atoms with Crippen molar-refractivity contribution in [1.82, 2.24) is 9.47 Å². The fraction of sp³-hybridized carbons (Fsp3) is 0.429. The van der Waals surface area contributed by atoms with Gasteiger partial charge in [0.05, 0.1) is 11.4 Å². The van der Waals surface area contributed by atoms with Crippen LogP contribution in [0.5, 0.6) is 0 Å². The Balaban J connectivity index is 1.83. The molecule has 37 heavy (non-hydrogen) atoms. The summed E-state index contributed by atoms with van der Waals surface area (Å²) in [4.78, 5) is 31.3. The second kappa shape index (κ2) is 11.8. The first-order chi connectivity index (χ1) is 17.8. The zero-order chi connectivity index (χ0) is 26.7. The molecule has 2 aromatic rings. The first-order valence-corrected chi connectivity index (χ1v) is 14.3. The number of nitrogens with zero attached hydrogens (tertiary/aromatic N) is 4. The molecule has 9 heteroatoms. The van der Waals surface area contributed by atoms with Gasteiger partial charge in [-0.05, 0) is 55.4 Å². The molecular formula is C28H31ClN4O2S2. The highest BCUT2D eigenvalue weighted by atomic mass is 35.5. The number of carbonyl (C=O) groups is 1. The van der Waals surface area contributed by atoms with E-state index in [1.54, 1.807) is 22.5 Å². The van der Waals surface area contributed by atoms with Crippen molar-refractivity contribution >= 4 is 57.7 Å². The fourth-order valence-electron chi connectivity index (χ4n) is 4.95. The third-order valence-corrected chi connectivity index (χ3v) is 8.72. The Morgan fingerprint density at radius 1 is 1.30 bits per heavy atom. The summed E-state index contributed by atoms with van der Waals surface area (Å²) >= 11 is 13.2. The molecule has 1 aromatic heterocycles. The van der Waals surface area contributed by atoms with Gasteiger partial charge < -0.3 is 4.90 Å². The number of benzene rings is 1. The van der Waals surface area contributed by atoms with E-state index in [2.05, 4.69) is 24.8 Å². The van der Waals surface area contributed by atoms with E-state index in [0.717, 1.165) is 55.7 Å². The largest absolute Gasteiger partial charge is 0.357 e. The minimum atomic E-state index is -0.259. The van der Waals surface area contributed by atoms with Crippen LogP contribution in [0.1, 0.15) is 61.8 Å². The number of thiocarbonyl (C=S) groups is 1. The van der Waals surface area contributed by atoms with Crippen LogP contribution in [0.4, 0.5) is 5.82 Å². The fourth-order valence-corrected chi connectivity index (χ4v) is 6.39. The van der Waals surface area contributed by atoms with E-state index in [1.165, 1.54) is 11.8 Å². The highest BCUT2D eigenvalue weighted by Gasteiger charge is 2.34. The predicted octanol–water partition coefficient (Wildman–Crippen LogP) is 6.12. The van der Waals surface area contributed by atoms with Gasteiger partial charge >= 0.3 is 0 Å². The average Bonchev–Trinajstić information content (AvgIpc) is 3.13. The van der Waals surface area contributed by atoms with Gasteiger partial charge in [-0.1, -0.05) is 74.0 Å². The van der Waals surface area contributed by atoms with Crippen LogP contribution in [0.2, 0.25) is 5.02 Å². The maximum Gasteiger partial charge on any atom is 0.270 e. The van der Waals surface area contributed by atoms with Crippen molar-refractivity contribution < 1.29 is 4.79 Å². The zero-order valence-electron chi connectivity index (χ0n) is 21.4. The van der Waals surface area contributed by atoms with Gasteiger partial charge in [0.25, 0.3) is 11.5 Å². The van der Waals surface area contributed by atoms with Crippen molar-refractivity contribution in [3.63, 3.8) is 0 Å². The second-order valence-corrected chi connectivity index (χ2v) is 11.8. The summed E-state index contributed by atoms with van der Waals surface area (Å²) in [5.74, 6) is 1.09. The summed E-state index contributed by atoms with van der Waals surface area (Å²) in [6, 6.07) is 9.54. The summed E-state index contributed by atoms with van der Waals surface area (Å²) in [6.45, 7) is 8.57. The Morgan fingerprint density at radius 2 is 2.05 bits per heavy atom. The summed E-state index contributed by atoms with van der Waals surface area (Å²) in [6.07, 6.45) is 5.75. The third kappa shape index (κ3) is 5.64. The molecule has 0 spiro atoms. The molecule has 6 nitrogen and oxygen atoms in total. The van der Waals surface area contributed by atoms with E-state index >= 15 is 0 Å². The molecule has 194 valence electrons. The van der Waals surface area contributed by atoms with Gasteiger partial charge in [-0.3, -0.25) is 19.1 Å². The molecule has 0 radical (unpaired) electrons. The van der Waals surface area contributed by atoms with Gasteiger partial charge in [0.15, 0.2) is 0 Å². The quantitative estimate of drug-likeness (QED) is 0.303. The molecule has 4 rings (SSSR count). The number of piperidine rings is 1. The van der Waals surface area contributed by atoms with Crippen molar-refractivity contribution in [2.45, 2.75) is 59.5 Å². The minimum absolute atomic E-state index is 0.128. The topological polar surface area (TPSA) is 69.3 Å². The van der Waals surface area contributed by atoms with Gasteiger partial charge in [0.1, 0.15) is 21.8 Å². The summed E-state index contributed by atoms with van der Waals surface area (Å²) in [5.41, 5.74) is 2.04. The molecule has 2 saturated heterocycles. The SMILES string of the molecule is CCCCn1c(N2CCCC(C)C2)c(/C=C2/SC(=S)N(Cc3ccccc3Cl)C2=O)c(C)c(C#N)c1=O. The van der Waals surface area contributed by atoms with Crippen molar-refractivity contribution in [2.24, 2.45) is 5.92 Å². The molecule has 0 saturated carbocycles. The van der Waals surface area contributed by atoms with Crippen LogP contribution in [-0.2, 0) is 17.9 Å². The van der Waals surface area contributed by atoms with Gasteiger partial charge in [-0.25, -0.2) is 0 Å². The molecular weight excluding hydrogens is 524 g/mol. The third-order valence-electron chi connectivity index (χ3n) is 6.97. The Labute approximate surface area is 232 Å². The number of unbranched alkanes of at least 4 members (excludes halogenated alkanes) is 1. The molecule has 0 N–H and O–H groups in total. The second-order valence-electron chi connectivity index (χ2n) is 9.71. The normalized spacial score (nSPS) is 19.1. The maximum absolute atomic E-state index is 13.5. The molecule has 1 unspecified atom stereocenters. The van der Waals surface area contributed by atoms with Crippen LogP contribution in [0.25, 0.3) is 6.08 Å². The van der Waals surface area contributed by atoms with Crippen molar-refractivity contribution in [3.05, 3.63) is 66.8 Å². The summed E-state index contributed by atoms with van der Waals surface area (Å²) in [7, 11) is 0. The van der Waals surface area contributed by atoms with E-state index in [9.17, 15) is 14.9 Å². The van der Waals surface area contributed by atoms with Crippen molar-refractivity contribution in [1.29, 1.82) is 5.26 Å². The van der Waals surface area contributed by atoms with Gasteiger partial charge in [-0.2, -0.15) is 5.26 Å². The van der Waals surface area contributed by atoms with Crippen molar-refractivity contribution in [2.75, 3.05) is 18.0 Å². The molecule has 1 atom stereocenters. The lowest BCUT2D eigenvalue weighted by Gasteiger charge is -2.36. The Morgan fingerprint density at radius 3 is 2.73 bits per heavy atom. The maximum atomic E-state index is 13.5. The highest BCUT2D eigenvalue weighted by Crippen LogP contribution is 2.38. The molecule has 2 aliphatic heterocycles. The lowest BCUT2D eigenvalue weighted by Crippen LogP contribution is -2.40. The highest BCUT2D eigenvalue weighted by molar-refractivity contribution is 8.26. The number of hydrogen-bond acceptors (Lipinski definition) is 6. The molecule has 0 bridgehead atoms. The number of hydrogen-bond donors (Lipinski definition) is 0. The van der Waals surface area contributed by atoms with Crippen LogP contribution in [-0.4, -0.2) is 32.8 Å². The lowest BCUT2D eigenvalue weighted by molar-refractivity contribution is -0.122. The number of carbonyl (C=O) groups excluding carboxylic acids is 1. The van der Waals surface area contributed by atoms with Crippen LogP contribution in [0.15, 0.2) is 34.0 Å². The zero-order valence-corrected chi connectivity index (χ0v) is 23.8. The van der Waals surface area contributed by atoms with Crippen LogP contribution >= 0.6 is 35.6 Å². The monoisotopic (exact) mass is 554 g/mol. The molecule has 0 aliphatic carbocycles. The van der Waals surface area contributed by atoms with E-state index in [0.29, 0.717) is 32.3 Å². The van der Waals surface area contributed by atoms with Gasteiger partial charge in [0.2, 0.25) is 0 Å². The van der Waals surface area contributed by atoms with Gasteiger partial charge in [-0.15, -0.1) is 0 Å². The van der Waals surface area contributed by atoms with Crippen LogP contribution in [0, 0.1) is 24.2 Å². The first-order valence-electron chi connectivity index (χ1n) is 12.7. The first kappa shape index (κ1) is 27.4. The Kier molecular flexibility index (Phi) is 8.79. The number of aromatic nitrogens is 1. The number of rotatable bonds is 7. The summed E-state index contributed by atoms with van der Waals surface area (Å²) < 4.78 is 2.21. The molecule has 3 heterocycles. The lowest BCUT2D eigenvalue weighted by atomic mass is 9.98. The van der Waals surface area contributed by atoms with Gasteiger partial charge in [0, 0.05) is 30.2 Å². The molecule has 1 aromatic carbocycles. The van der Waals surface area contributed by atoms with E-state index in [-0.39, 0.29) is 23.6 Å². The number of amides is 1. The van der Waals surface area contributed by atoms with E-state index in [4.69, 9.17) is 23.8 Å². The average molecular weight is 555 g/mol. The standard InChI is InChI=1S/C28H31ClN4O2S2/c1-4-5-13-32-25(31-12-8-9-18(2)16-31)21(19(3)22(15-30)26(32)34)14-24-27(35)33(28(36)37-24)17-20-10-6-7-11-23(20)29/h6-7,10-11,14,18H,4-5,8-9,12-13,16-17H2,1-3H3/b24-14+. The predicted molar refractivity (Wildman–Crippen MR) is 156 cm³/mol.